The summed E-state index contributed by atoms with van der Waals surface area (Å²) in [6.07, 6.45) is -3.57. The van der Waals surface area contributed by atoms with Crippen LogP contribution in [0.4, 0.5) is 23.2 Å². The third-order valence-electron chi connectivity index (χ3n) is 4.15. The topological polar surface area (TPSA) is 74.0 Å². The van der Waals surface area contributed by atoms with E-state index >= 15 is 0 Å². The van der Waals surface area contributed by atoms with Crippen LogP contribution in [0.2, 0.25) is 5.02 Å². The number of anilines is 1. The Morgan fingerprint density at radius 2 is 1.90 bits per heavy atom. The summed E-state index contributed by atoms with van der Waals surface area (Å²) >= 11 is 8.94. The predicted molar refractivity (Wildman–Crippen MR) is 107 cm³/mol. The van der Waals surface area contributed by atoms with Crippen LogP contribution in [-0.2, 0) is 11.5 Å². The van der Waals surface area contributed by atoms with Crippen LogP contribution >= 0.6 is 27.5 Å². The fraction of sp³-hybridized carbons (Fsp3) is 0.278. The molecule has 1 atom stereocenters. The number of nitrogens with zero attached hydrogens (tertiary/aromatic N) is 4. The molecule has 1 N–H and O–H groups in total. The number of ether oxygens (including phenoxy) is 1. The van der Waals surface area contributed by atoms with Crippen molar-refractivity contribution in [1.82, 2.24) is 19.6 Å². The normalized spacial score (nSPS) is 12.4. The fourth-order valence-electron chi connectivity index (χ4n) is 2.60. The molecule has 0 fully saturated rings. The van der Waals surface area contributed by atoms with Gasteiger partial charge in [0.15, 0.2) is 6.73 Å². The van der Waals surface area contributed by atoms with E-state index in [1.807, 2.05) is 0 Å². The Morgan fingerprint density at radius 1 is 1.23 bits per heavy atom. The Hall–Kier alpha value is -2.60. The minimum atomic E-state index is -3.19. The van der Waals surface area contributed by atoms with Crippen LogP contribution < -0.4 is 10.1 Å². The molecule has 0 aliphatic carbocycles. The van der Waals surface area contributed by atoms with Crippen molar-refractivity contribution >= 4 is 39.1 Å². The molecule has 0 saturated heterocycles. The molecule has 0 saturated carbocycles. The first-order valence-corrected chi connectivity index (χ1v) is 9.90. The van der Waals surface area contributed by atoms with E-state index in [9.17, 15) is 22.4 Å². The number of hydrogen-bond donors (Lipinski definition) is 1. The van der Waals surface area contributed by atoms with Gasteiger partial charge < -0.3 is 10.1 Å². The summed E-state index contributed by atoms with van der Waals surface area (Å²) in [6.45, 7) is 1.29. The molecule has 0 bridgehead atoms. The van der Waals surface area contributed by atoms with Crippen molar-refractivity contribution in [2.75, 3.05) is 5.32 Å². The Morgan fingerprint density at radius 3 is 2.52 bits per heavy atom. The summed E-state index contributed by atoms with van der Waals surface area (Å²) in [4.78, 5) is 12.5. The van der Waals surface area contributed by atoms with Gasteiger partial charge in [-0.1, -0.05) is 27.5 Å². The van der Waals surface area contributed by atoms with Crippen LogP contribution in [0.25, 0.3) is 0 Å². The first-order valence-electron chi connectivity index (χ1n) is 8.73. The maximum absolute atomic E-state index is 13.3. The summed E-state index contributed by atoms with van der Waals surface area (Å²) in [6, 6.07) is 5.78. The summed E-state index contributed by atoms with van der Waals surface area (Å²) in [5.74, 6) is -0.168. The van der Waals surface area contributed by atoms with Gasteiger partial charge in [-0.15, -0.1) is 0 Å². The molecule has 0 radical (unpaired) electrons. The van der Waals surface area contributed by atoms with Crippen molar-refractivity contribution in [2.24, 2.45) is 0 Å². The summed E-state index contributed by atoms with van der Waals surface area (Å²) < 4.78 is 60.9. The molecule has 3 rings (SSSR count). The third-order valence-corrected chi connectivity index (χ3v) is 5.07. The van der Waals surface area contributed by atoms with Crippen LogP contribution in [0.15, 0.2) is 41.1 Å². The van der Waals surface area contributed by atoms with E-state index in [0.29, 0.717) is 10.4 Å². The van der Waals surface area contributed by atoms with Gasteiger partial charge in [0.25, 0.3) is 12.9 Å². The molecule has 1 unspecified atom stereocenters. The molecule has 0 spiro atoms. The third kappa shape index (κ3) is 5.37. The molecule has 0 aliphatic rings. The maximum Gasteiger partial charge on any atom is 0.283 e. The Balaban J connectivity index is 1.68. The smallest absolute Gasteiger partial charge is 0.283 e. The molecule has 0 aliphatic heterocycles. The minimum Gasteiger partial charge on any atom is -0.471 e. The Labute approximate surface area is 187 Å². The molecule has 2 aromatic heterocycles. The summed E-state index contributed by atoms with van der Waals surface area (Å²) in [7, 11) is 0. The van der Waals surface area contributed by atoms with Crippen molar-refractivity contribution < 1.29 is 27.1 Å². The number of hydrogen-bond acceptors (Lipinski definition) is 4. The van der Waals surface area contributed by atoms with E-state index in [4.69, 9.17) is 16.3 Å². The van der Waals surface area contributed by atoms with Crippen LogP contribution in [0.1, 0.15) is 37.2 Å². The molecule has 2 heterocycles. The van der Waals surface area contributed by atoms with Gasteiger partial charge in [-0.25, -0.2) is 26.9 Å². The van der Waals surface area contributed by atoms with Crippen LogP contribution in [0, 0.1) is 0 Å². The average molecular weight is 525 g/mol. The van der Waals surface area contributed by atoms with Crippen LogP contribution in [0.5, 0.6) is 5.75 Å². The first-order chi connectivity index (χ1) is 14.7. The van der Waals surface area contributed by atoms with Crippen LogP contribution in [-0.4, -0.2) is 25.5 Å². The highest BCUT2D eigenvalue weighted by atomic mass is 79.9. The van der Waals surface area contributed by atoms with Gasteiger partial charge in [0.2, 0.25) is 5.91 Å². The number of rotatable bonds is 8. The van der Waals surface area contributed by atoms with E-state index in [1.54, 1.807) is 24.3 Å². The van der Waals surface area contributed by atoms with E-state index < -0.39 is 41.2 Å². The maximum atomic E-state index is 13.3. The second-order valence-corrected chi connectivity index (χ2v) is 7.59. The lowest BCUT2D eigenvalue weighted by molar-refractivity contribution is -0.119. The Kier molecular flexibility index (Phi) is 7.21. The van der Waals surface area contributed by atoms with Gasteiger partial charge in [-0.3, -0.25) is 4.79 Å². The number of amides is 1. The second kappa shape index (κ2) is 9.69. The van der Waals surface area contributed by atoms with Gasteiger partial charge in [0.05, 0.1) is 23.1 Å². The van der Waals surface area contributed by atoms with Crippen molar-refractivity contribution in [3.05, 3.63) is 57.5 Å². The predicted octanol–water partition coefficient (Wildman–Crippen LogP) is 5.61. The number of halogens is 6. The van der Waals surface area contributed by atoms with E-state index in [1.165, 1.54) is 24.0 Å². The monoisotopic (exact) mass is 523 g/mol. The molecule has 13 heteroatoms. The molecule has 7 nitrogen and oxygen atoms in total. The lowest BCUT2D eigenvalue weighted by atomic mass is 10.3. The zero-order chi connectivity index (χ0) is 22.7. The number of carbonyl (C=O) groups excluding carboxylic acids is 1. The van der Waals surface area contributed by atoms with Crippen molar-refractivity contribution in [1.29, 1.82) is 0 Å². The number of aromatic nitrogens is 4. The van der Waals surface area contributed by atoms with Gasteiger partial charge in [-0.2, -0.15) is 10.2 Å². The van der Waals surface area contributed by atoms with Gasteiger partial charge in [0.1, 0.15) is 23.2 Å². The molecule has 31 heavy (non-hydrogen) atoms. The number of carbonyl (C=O) groups is 1. The number of benzene rings is 1. The first kappa shape index (κ1) is 23.1. The molecular formula is C18H15BrClF4N5O2. The summed E-state index contributed by atoms with van der Waals surface area (Å²) in [5, 5.41) is 9.05. The molecule has 1 aromatic carbocycles. The van der Waals surface area contributed by atoms with Gasteiger partial charge in [0, 0.05) is 4.47 Å². The van der Waals surface area contributed by atoms with Gasteiger partial charge in [-0.05, 0) is 31.2 Å². The lowest BCUT2D eigenvalue weighted by Crippen LogP contribution is -2.26. The van der Waals surface area contributed by atoms with Crippen molar-refractivity contribution in [3.63, 3.8) is 0 Å². The van der Waals surface area contributed by atoms with Crippen molar-refractivity contribution in [2.45, 2.75) is 32.5 Å². The molecular weight excluding hydrogens is 510 g/mol. The average Bonchev–Trinajstić information content (AvgIpc) is 3.30. The van der Waals surface area contributed by atoms with E-state index in [-0.39, 0.29) is 12.4 Å². The molecule has 166 valence electrons. The second-order valence-electron chi connectivity index (χ2n) is 6.29. The zero-order valence-electron chi connectivity index (χ0n) is 15.8. The quantitative estimate of drug-likeness (QED) is 0.389. The molecule has 1 amide bonds. The van der Waals surface area contributed by atoms with E-state index in [2.05, 4.69) is 31.4 Å². The Bertz CT molecular complexity index is 1060. The SMILES string of the molecule is CC(C(=O)Nc1cnn(COc2ccc(Br)cc2)c1)n1nc(C(F)F)c(Cl)c1C(F)F. The number of nitrogens with one attached hydrogen (secondary N) is 1. The minimum absolute atomic E-state index is 0.0507. The van der Waals surface area contributed by atoms with Gasteiger partial charge >= 0.3 is 0 Å². The molecule has 3 aromatic rings. The fourth-order valence-corrected chi connectivity index (χ4v) is 3.16. The zero-order valence-corrected chi connectivity index (χ0v) is 18.1. The highest BCUT2D eigenvalue weighted by Gasteiger charge is 2.31. The number of alkyl halides is 4. The van der Waals surface area contributed by atoms with Crippen molar-refractivity contribution in [3.8, 4) is 5.75 Å². The summed E-state index contributed by atoms with van der Waals surface area (Å²) in [5.41, 5.74) is -1.70. The van der Waals surface area contributed by atoms with Crippen LogP contribution in [0.3, 0.4) is 0 Å². The highest BCUT2D eigenvalue weighted by molar-refractivity contribution is 9.10. The lowest BCUT2D eigenvalue weighted by Gasteiger charge is -2.15. The highest BCUT2D eigenvalue weighted by Crippen LogP contribution is 2.36. The largest absolute Gasteiger partial charge is 0.471 e. The van der Waals surface area contributed by atoms with E-state index in [0.717, 1.165) is 4.47 Å². The standard InChI is InChI=1S/C18H15BrClF4N5O2/c1-9(29-15(17(23)24)13(20)14(27-29)16(21)22)18(30)26-11-6-25-28(7-11)8-31-12-4-2-10(19)3-5-12/h2-7,9,16-17H,8H2,1H3,(H,26,30).